The number of fused-ring (bicyclic) bond motifs is 1. The van der Waals surface area contributed by atoms with Crippen LogP contribution in [0.15, 0.2) is 42.7 Å². The number of amides is 2. The van der Waals surface area contributed by atoms with Crippen molar-refractivity contribution >= 4 is 17.8 Å². The topological polar surface area (TPSA) is 131 Å². The van der Waals surface area contributed by atoms with Gasteiger partial charge in [0.15, 0.2) is 11.6 Å². The van der Waals surface area contributed by atoms with E-state index in [2.05, 4.69) is 20.6 Å². The fourth-order valence-corrected chi connectivity index (χ4v) is 4.19. The Balaban J connectivity index is 1.43. The van der Waals surface area contributed by atoms with E-state index >= 15 is 0 Å². The molecular formula is C25H23FN4O5. The molecule has 3 aromatic rings. The molecule has 180 valence electrons. The van der Waals surface area contributed by atoms with Crippen molar-refractivity contribution in [1.29, 1.82) is 0 Å². The highest BCUT2D eigenvalue weighted by Crippen LogP contribution is 2.34. The van der Waals surface area contributed by atoms with Gasteiger partial charge in [0.05, 0.1) is 18.7 Å². The van der Waals surface area contributed by atoms with E-state index < -0.39 is 23.6 Å². The van der Waals surface area contributed by atoms with Crippen LogP contribution in [0.3, 0.4) is 0 Å². The zero-order chi connectivity index (χ0) is 25.1. The van der Waals surface area contributed by atoms with Crippen LogP contribution < -0.4 is 15.4 Å². The maximum atomic E-state index is 13.6. The van der Waals surface area contributed by atoms with E-state index in [0.29, 0.717) is 24.0 Å². The molecule has 0 aliphatic heterocycles. The van der Waals surface area contributed by atoms with Gasteiger partial charge in [-0.2, -0.15) is 0 Å². The van der Waals surface area contributed by atoms with Gasteiger partial charge in [-0.15, -0.1) is 0 Å². The lowest BCUT2D eigenvalue weighted by Gasteiger charge is -2.15. The third-order valence-corrected chi connectivity index (χ3v) is 6.03. The predicted octanol–water partition coefficient (Wildman–Crippen LogP) is 2.98. The number of carbonyl (C=O) groups is 3. The molecule has 1 aliphatic rings. The first kappa shape index (κ1) is 23.8. The van der Waals surface area contributed by atoms with E-state index in [1.165, 1.54) is 31.4 Å². The van der Waals surface area contributed by atoms with E-state index in [0.717, 1.165) is 17.5 Å². The molecule has 0 spiro atoms. The molecule has 0 radical (unpaired) electrons. The summed E-state index contributed by atoms with van der Waals surface area (Å²) in [6.45, 7) is 1.88. The fourth-order valence-electron chi connectivity index (χ4n) is 4.19. The normalized spacial score (nSPS) is 14.2. The highest BCUT2D eigenvalue weighted by atomic mass is 19.1. The molecule has 1 heterocycles. The number of methoxy groups -OCH3 is 1. The van der Waals surface area contributed by atoms with E-state index in [1.54, 1.807) is 19.1 Å². The van der Waals surface area contributed by atoms with Gasteiger partial charge in [-0.3, -0.25) is 9.59 Å². The van der Waals surface area contributed by atoms with Crippen molar-refractivity contribution in [3.8, 4) is 5.75 Å². The summed E-state index contributed by atoms with van der Waals surface area (Å²) in [7, 11) is 1.35. The quantitative estimate of drug-likeness (QED) is 0.476. The second-order valence-electron chi connectivity index (χ2n) is 8.12. The van der Waals surface area contributed by atoms with Gasteiger partial charge in [0, 0.05) is 12.6 Å². The predicted molar refractivity (Wildman–Crippen MR) is 123 cm³/mol. The molecule has 0 fully saturated rings. The van der Waals surface area contributed by atoms with Crippen LogP contribution in [0.2, 0.25) is 0 Å². The van der Waals surface area contributed by atoms with E-state index in [-0.39, 0.29) is 35.3 Å². The monoisotopic (exact) mass is 478 g/mol. The standard InChI is InChI=1S/C25H23FN4O5/c1-13-15-6-8-19(17(15)5-4-16(13)25(33)34)30-24(32)21-10-20(28-12-29-21)23(31)27-11-14-3-7-18(26)22(9-14)35-2/h3-5,7,9-10,12,19H,6,8,11H2,1-2H3,(H,27,31)(H,30,32)(H,33,34)/t19-/m0/s1. The molecule has 1 atom stereocenters. The molecule has 2 amide bonds. The number of benzene rings is 2. The first-order chi connectivity index (χ1) is 16.8. The van der Waals surface area contributed by atoms with E-state index in [4.69, 9.17) is 4.74 Å². The summed E-state index contributed by atoms with van der Waals surface area (Å²) in [6.07, 6.45) is 2.42. The Labute approximate surface area is 200 Å². The molecule has 0 unspecified atom stereocenters. The molecular weight excluding hydrogens is 455 g/mol. The number of carboxylic acid groups (broad SMARTS) is 1. The highest BCUT2D eigenvalue weighted by Gasteiger charge is 2.28. The van der Waals surface area contributed by atoms with Crippen molar-refractivity contribution in [2.45, 2.75) is 32.4 Å². The summed E-state index contributed by atoms with van der Waals surface area (Å²) < 4.78 is 18.5. The van der Waals surface area contributed by atoms with Crippen molar-refractivity contribution in [1.82, 2.24) is 20.6 Å². The van der Waals surface area contributed by atoms with Crippen molar-refractivity contribution in [2.75, 3.05) is 7.11 Å². The second-order valence-corrected chi connectivity index (χ2v) is 8.12. The minimum atomic E-state index is -0.983. The first-order valence-electron chi connectivity index (χ1n) is 10.9. The van der Waals surface area contributed by atoms with Gasteiger partial charge in [-0.05, 0) is 60.2 Å². The lowest BCUT2D eigenvalue weighted by atomic mass is 9.98. The summed E-state index contributed by atoms with van der Waals surface area (Å²) >= 11 is 0. The molecule has 10 heteroatoms. The smallest absolute Gasteiger partial charge is 0.335 e. The van der Waals surface area contributed by atoms with E-state index in [9.17, 15) is 23.9 Å². The Kier molecular flexibility index (Phi) is 6.72. The number of rotatable bonds is 7. The minimum absolute atomic E-state index is 0.00740. The van der Waals surface area contributed by atoms with Crippen LogP contribution in [-0.2, 0) is 13.0 Å². The van der Waals surface area contributed by atoms with Crippen LogP contribution >= 0.6 is 0 Å². The summed E-state index contributed by atoms with van der Waals surface area (Å²) in [5.74, 6) is -2.41. The number of hydrogen-bond acceptors (Lipinski definition) is 6. The Morgan fingerprint density at radius 3 is 2.57 bits per heavy atom. The van der Waals surface area contributed by atoms with E-state index in [1.807, 2.05) is 0 Å². The van der Waals surface area contributed by atoms with Gasteiger partial charge in [0.1, 0.15) is 17.7 Å². The maximum Gasteiger partial charge on any atom is 0.335 e. The third kappa shape index (κ3) is 4.96. The second kappa shape index (κ2) is 9.88. The molecule has 1 aromatic heterocycles. The summed E-state index contributed by atoms with van der Waals surface area (Å²) in [6, 6.07) is 8.54. The summed E-state index contributed by atoms with van der Waals surface area (Å²) in [4.78, 5) is 44.7. The van der Waals surface area contributed by atoms with Crippen LogP contribution in [0.1, 0.15) is 66.1 Å². The Bertz CT molecular complexity index is 1330. The molecule has 3 N–H and O–H groups in total. The minimum Gasteiger partial charge on any atom is -0.494 e. The number of nitrogens with one attached hydrogen (secondary N) is 2. The summed E-state index contributed by atoms with van der Waals surface area (Å²) in [5.41, 5.74) is 3.42. The van der Waals surface area contributed by atoms with Gasteiger partial charge in [0.2, 0.25) is 0 Å². The van der Waals surface area contributed by atoms with Crippen molar-refractivity contribution in [2.24, 2.45) is 0 Å². The number of aromatic carboxylic acids is 1. The van der Waals surface area contributed by atoms with Crippen molar-refractivity contribution < 1.29 is 28.6 Å². The SMILES string of the molecule is COc1cc(CNC(=O)c2cc(C(=O)N[C@H]3CCc4c3ccc(C(=O)O)c4C)ncn2)ccc1F. The molecule has 0 saturated heterocycles. The van der Waals surface area contributed by atoms with Gasteiger partial charge >= 0.3 is 5.97 Å². The average Bonchev–Trinajstić information content (AvgIpc) is 3.26. The molecule has 2 aromatic carbocycles. The number of aromatic nitrogens is 2. The molecule has 35 heavy (non-hydrogen) atoms. The fraction of sp³-hybridized carbons (Fsp3) is 0.240. The Morgan fingerprint density at radius 2 is 1.86 bits per heavy atom. The number of halogens is 1. The first-order valence-corrected chi connectivity index (χ1v) is 10.9. The van der Waals surface area contributed by atoms with Gasteiger partial charge in [0.25, 0.3) is 11.8 Å². The number of nitrogens with zero attached hydrogens (tertiary/aromatic N) is 2. The van der Waals surface area contributed by atoms with Crippen LogP contribution in [0.4, 0.5) is 4.39 Å². The molecule has 0 bridgehead atoms. The number of hydrogen-bond donors (Lipinski definition) is 3. The van der Waals surface area contributed by atoms with Gasteiger partial charge < -0.3 is 20.5 Å². The number of ether oxygens (including phenoxy) is 1. The van der Waals surface area contributed by atoms with Gasteiger partial charge in [-0.25, -0.2) is 19.2 Å². The number of carboxylic acids is 1. The molecule has 9 nitrogen and oxygen atoms in total. The Morgan fingerprint density at radius 1 is 1.11 bits per heavy atom. The van der Waals surface area contributed by atoms with Crippen LogP contribution in [0, 0.1) is 12.7 Å². The zero-order valence-corrected chi connectivity index (χ0v) is 19.1. The van der Waals surface area contributed by atoms with Crippen LogP contribution in [0.25, 0.3) is 0 Å². The molecule has 1 aliphatic carbocycles. The lowest BCUT2D eigenvalue weighted by molar-refractivity contribution is 0.0695. The van der Waals surface area contributed by atoms with Crippen LogP contribution in [0.5, 0.6) is 5.75 Å². The number of carbonyl (C=O) groups excluding carboxylic acids is 2. The summed E-state index contributed by atoms with van der Waals surface area (Å²) in [5, 5.41) is 14.9. The van der Waals surface area contributed by atoms with Crippen molar-refractivity contribution in [3.63, 3.8) is 0 Å². The highest BCUT2D eigenvalue weighted by molar-refractivity contribution is 5.97. The van der Waals surface area contributed by atoms with Crippen molar-refractivity contribution in [3.05, 3.63) is 87.7 Å². The average molecular weight is 478 g/mol. The zero-order valence-electron chi connectivity index (χ0n) is 19.1. The third-order valence-electron chi connectivity index (χ3n) is 6.03. The van der Waals surface area contributed by atoms with Gasteiger partial charge in [-0.1, -0.05) is 12.1 Å². The molecule has 0 saturated carbocycles. The maximum absolute atomic E-state index is 13.6. The van der Waals surface area contributed by atoms with Crippen LogP contribution in [-0.4, -0.2) is 40.0 Å². The Hall–Kier alpha value is -4.34. The molecule has 4 rings (SSSR count). The lowest BCUT2D eigenvalue weighted by Crippen LogP contribution is -2.29. The largest absolute Gasteiger partial charge is 0.494 e.